The Morgan fingerprint density at radius 3 is 2.67 bits per heavy atom. The van der Waals surface area contributed by atoms with Crippen molar-refractivity contribution in [3.63, 3.8) is 0 Å². The van der Waals surface area contributed by atoms with Gasteiger partial charge in [0.2, 0.25) is 10.0 Å². The van der Waals surface area contributed by atoms with Crippen LogP contribution in [0, 0.1) is 5.92 Å². The van der Waals surface area contributed by atoms with Crippen LogP contribution in [0.5, 0.6) is 0 Å². The molecule has 1 aliphatic heterocycles. The van der Waals surface area contributed by atoms with Crippen LogP contribution in [0.25, 0.3) is 0 Å². The summed E-state index contributed by atoms with van der Waals surface area (Å²) < 4.78 is 49.2. The molecule has 1 aliphatic rings. The molecule has 0 radical (unpaired) electrons. The number of sulfonamides is 1. The van der Waals surface area contributed by atoms with E-state index in [9.17, 15) is 16.8 Å². The van der Waals surface area contributed by atoms with Crippen LogP contribution >= 0.6 is 22.9 Å². The third kappa shape index (κ3) is 3.45. The van der Waals surface area contributed by atoms with Crippen molar-refractivity contribution >= 4 is 42.8 Å². The van der Waals surface area contributed by atoms with Crippen LogP contribution in [0.15, 0.2) is 16.3 Å². The fraction of sp³-hybridized carbons (Fsp3) is 0.556. The van der Waals surface area contributed by atoms with E-state index in [0.29, 0.717) is 10.8 Å². The highest BCUT2D eigenvalue weighted by Crippen LogP contribution is 2.25. The summed E-state index contributed by atoms with van der Waals surface area (Å²) in [5, 5.41) is 0. The van der Waals surface area contributed by atoms with Crippen LogP contribution in [-0.2, 0) is 19.9 Å². The van der Waals surface area contributed by atoms with E-state index in [1.807, 2.05) is 0 Å². The highest BCUT2D eigenvalue weighted by atomic mass is 35.5. The summed E-state index contributed by atoms with van der Waals surface area (Å²) in [7, 11) is -6.55. The maximum atomic E-state index is 11.9. The highest BCUT2D eigenvalue weighted by Gasteiger charge is 2.29. The van der Waals surface area contributed by atoms with Gasteiger partial charge in [0, 0.05) is 6.54 Å². The second kappa shape index (κ2) is 5.09. The Morgan fingerprint density at radius 2 is 2.17 bits per heavy atom. The minimum Gasteiger partial charge on any atom is -0.229 e. The molecule has 0 amide bonds. The van der Waals surface area contributed by atoms with Gasteiger partial charge in [0.05, 0.1) is 15.8 Å². The van der Waals surface area contributed by atoms with Gasteiger partial charge in [-0.2, -0.15) is 0 Å². The van der Waals surface area contributed by atoms with Crippen molar-refractivity contribution in [2.24, 2.45) is 5.92 Å². The van der Waals surface area contributed by atoms with Crippen LogP contribution in [0.3, 0.4) is 0 Å². The molecule has 0 bridgehead atoms. The van der Waals surface area contributed by atoms with E-state index >= 15 is 0 Å². The van der Waals surface area contributed by atoms with Crippen LogP contribution in [0.1, 0.15) is 6.42 Å². The van der Waals surface area contributed by atoms with Crippen molar-refractivity contribution in [2.75, 3.05) is 18.1 Å². The summed E-state index contributed by atoms with van der Waals surface area (Å²) in [5.41, 5.74) is 0. The summed E-state index contributed by atoms with van der Waals surface area (Å²) in [6.45, 7) is 0.150. The van der Waals surface area contributed by atoms with Crippen molar-refractivity contribution in [2.45, 2.75) is 10.6 Å². The molecule has 0 aromatic carbocycles. The first-order valence-electron chi connectivity index (χ1n) is 5.24. The van der Waals surface area contributed by atoms with Crippen LogP contribution in [0.2, 0.25) is 4.34 Å². The van der Waals surface area contributed by atoms with Gasteiger partial charge in [-0.15, -0.1) is 11.3 Å². The molecule has 0 unspecified atom stereocenters. The molecular formula is C9H12ClNO4S3. The van der Waals surface area contributed by atoms with Crippen molar-refractivity contribution < 1.29 is 16.8 Å². The number of halogens is 1. The summed E-state index contributed by atoms with van der Waals surface area (Å²) in [6.07, 6.45) is 0.510. The standard InChI is InChI=1S/C9H12ClNO4S3/c10-8-1-2-9(16-8)18(14,15)11-5-7-3-4-17(12,13)6-7/h1-2,7,11H,3-6H2/t7-/m0/s1. The number of rotatable bonds is 4. The minimum absolute atomic E-state index is 0.0563. The number of thiophene rings is 1. The Labute approximate surface area is 115 Å². The topological polar surface area (TPSA) is 80.3 Å². The molecule has 0 saturated carbocycles. The summed E-state index contributed by atoms with van der Waals surface area (Å²) in [5.74, 6) is 0.0607. The molecule has 5 nitrogen and oxygen atoms in total. The SMILES string of the molecule is O=S1(=O)CC[C@@H](CNS(=O)(=O)c2ccc(Cl)s2)C1. The Kier molecular flexibility index (Phi) is 4.03. The van der Waals surface area contributed by atoms with Crippen LogP contribution in [0.4, 0.5) is 0 Å². The largest absolute Gasteiger partial charge is 0.250 e. The van der Waals surface area contributed by atoms with Crippen molar-refractivity contribution in [3.05, 3.63) is 16.5 Å². The van der Waals surface area contributed by atoms with Gasteiger partial charge in [0.25, 0.3) is 0 Å². The smallest absolute Gasteiger partial charge is 0.229 e. The Balaban J connectivity index is 1.98. The van der Waals surface area contributed by atoms with Crippen molar-refractivity contribution in [3.8, 4) is 0 Å². The van der Waals surface area contributed by atoms with E-state index in [1.165, 1.54) is 12.1 Å². The van der Waals surface area contributed by atoms with Gasteiger partial charge < -0.3 is 0 Å². The molecule has 0 spiro atoms. The Hall–Kier alpha value is -0.150. The van der Waals surface area contributed by atoms with Crippen LogP contribution in [-0.4, -0.2) is 34.9 Å². The van der Waals surface area contributed by atoms with E-state index in [4.69, 9.17) is 11.6 Å². The molecule has 2 heterocycles. The maximum absolute atomic E-state index is 11.9. The Bertz CT molecular complexity index is 635. The monoisotopic (exact) mass is 329 g/mol. The van der Waals surface area contributed by atoms with Gasteiger partial charge in [-0.05, 0) is 24.5 Å². The predicted octanol–water partition coefficient (Wildman–Crippen LogP) is 1.11. The average molecular weight is 330 g/mol. The first kappa shape index (κ1) is 14.3. The highest BCUT2D eigenvalue weighted by molar-refractivity contribution is 7.92. The van der Waals surface area contributed by atoms with Gasteiger partial charge in [-0.1, -0.05) is 11.6 Å². The zero-order chi connectivity index (χ0) is 13.4. The number of hydrogen-bond acceptors (Lipinski definition) is 5. The maximum Gasteiger partial charge on any atom is 0.250 e. The molecule has 9 heteroatoms. The van der Waals surface area contributed by atoms with Crippen molar-refractivity contribution in [1.29, 1.82) is 0 Å². The molecule has 18 heavy (non-hydrogen) atoms. The van der Waals surface area contributed by atoms with E-state index in [-0.39, 0.29) is 28.2 Å². The van der Waals surface area contributed by atoms with Crippen LogP contribution < -0.4 is 4.72 Å². The molecule has 1 aromatic rings. The molecule has 1 aromatic heterocycles. The van der Waals surface area contributed by atoms with Gasteiger partial charge in [-0.3, -0.25) is 0 Å². The van der Waals surface area contributed by atoms with Gasteiger partial charge in [0.15, 0.2) is 9.84 Å². The number of sulfone groups is 1. The average Bonchev–Trinajstić information content (AvgIpc) is 2.82. The molecular weight excluding hydrogens is 318 g/mol. The Morgan fingerprint density at radius 1 is 1.44 bits per heavy atom. The molecule has 1 fully saturated rings. The quantitative estimate of drug-likeness (QED) is 0.897. The fourth-order valence-electron chi connectivity index (χ4n) is 1.77. The van der Waals surface area contributed by atoms with E-state index < -0.39 is 19.9 Å². The van der Waals surface area contributed by atoms with E-state index in [0.717, 1.165) is 11.3 Å². The number of hydrogen-bond donors (Lipinski definition) is 1. The zero-order valence-corrected chi connectivity index (χ0v) is 12.5. The number of nitrogens with one attached hydrogen (secondary N) is 1. The molecule has 102 valence electrons. The summed E-state index contributed by atoms with van der Waals surface area (Å²) in [6, 6.07) is 2.95. The lowest BCUT2D eigenvalue weighted by Gasteiger charge is -2.08. The van der Waals surface area contributed by atoms with Gasteiger partial charge >= 0.3 is 0 Å². The molecule has 0 aliphatic carbocycles. The van der Waals surface area contributed by atoms with Gasteiger partial charge in [0.1, 0.15) is 4.21 Å². The first-order chi connectivity index (χ1) is 8.28. The summed E-state index contributed by atoms with van der Waals surface area (Å²) >= 11 is 6.65. The molecule has 1 atom stereocenters. The fourth-order valence-corrected chi connectivity index (χ4v) is 6.28. The first-order valence-corrected chi connectivity index (χ1v) is 9.74. The predicted molar refractivity (Wildman–Crippen MR) is 71.3 cm³/mol. The lowest BCUT2D eigenvalue weighted by Crippen LogP contribution is -2.29. The van der Waals surface area contributed by atoms with E-state index in [1.54, 1.807) is 0 Å². The lowest BCUT2D eigenvalue weighted by molar-refractivity contribution is 0.544. The van der Waals surface area contributed by atoms with E-state index in [2.05, 4.69) is 4.72 Å². The minimum atomic E-state index is -3.57. The third-order valence-electron chi connectivity index (χ3n) is 2.70. The lowest BCUT2D eigenvalue weighted by atomic mass is 10.1. The molecule has 2 rings (SSSR count). The third-order valence-corrected chi connectivity index (χ3v) is 7.69. The van der Waals surface area contributed by atoms with Gasteiger partial charge in [-0.25, -0.2) is 21.6 Å². The zero-order valence-electron chi connectivity index (χ0n) is 9.30. The molecule has 1 saturated heterocycles. The second-order valence-electron chi connectivity index (χ2n) is 4.18. The molecule has 1 N–H and O–H groups in total. The second-order valence-corrected chi connectivity index (χ2v) is 10.1. The van der Waals surface area contributed by atoms with Crippen molar-refractivity contribution in [1.82, 2.24) is 4.72 Å². The normalized spacial score (nSPS) is 23.3. The summed E-state index contributed by atoms with van der Waals surface area (Å²) in [4.78, 5) is 0.